The number of halogens is 1. The zero-order chi connectivity index (χ0) is 24.5. The zero-order valence-corrected chi connectivity index (χ0v) is 21.6. The molecule has 1 saturated heterocycles. The Labute approximate surface area is 216 Å². The highest BCUT2D eigenvalue weighted by atomic mass is 35.5. The SMILES string of the molecule is CN(C)C(=O)c1ccc(-c2nnc(C3CCN(C(=O)[C@@](C)(O)c4ccccc4)CC3)o2)cc1Cl.S. The molecule has 1 fully saturated rings. The van der Waals surface area contributed by atoms with Crippen molar-refractivity contribution in [2.24, 2.45) is 0 Å². The molecule has 2 aromatic carbocycles. The van der Waals surface area contributed by atoms with Gasteiger partial charge in [0, 0.05) is 38.7 Å². The second kappa shape index (κ2) is 10.8. The van der Waals surface area contributed by atoms with E-state index in [4.69, 9.17) is 16.0 Å². The molecule has 1 aromatic heterocycles. The van der Waals surface area contributed by atoms with E-state index in [9.17, 15) is 14.7 Å². The van der Waals surface area contributed by atoms with Gasteiger partial charge >= 0.3 is 0 Å². The smallest absolute Gasteiger partial charge is 0.258 e. The van der Waals surface area contributed by atoms with Gasteiger partial charge in [-0.2, -0.15) is 13.5 Å². The third kappa shape index (κ3) is 5.52. The van der Waals surface area contributed by atoms with E-state index in [-0.39, 0.29) is 31.2 Å². The highest BCUT2D eigenvalue weighted by Crippen LogP contribution is 2.32. The fraction of sp³-hybridized carbons (Fsp3) is 0.360. The van der Waals surface area contributed by atoms with Gasteiger partial charge < -0.3 is 19.3 Å². The van der Waals surface area contributed by atoms with Gasteiger partial charge in [0.15, 0.2) is 5.60 Å². The number of aliphatic hydroxyl groups is 1. The first kappa shape index (κ1) is 26.7. The number of rotatable bonds is 5. The van der Waals surface area contributed by atoms with E-state index in [1.807, 2.05) is 6.07 Å². The van der Waals surface area contributed by atoms with Crippen molar-refractivity contribution in [3.63, 3.8) is 0 Å². The first-order valence-corrected chi connectivity index (χ1v) is 11.5. The third-order valence-electron chi connectivity index (χ3n) is 6.18. The Morgan fingerprint density at radius 2 is 1.77 bits per heavy atom. The van der Waals surface area contributed by atoms with Crippen LogP contribution in [0.15, 0.2) is 52.9 Å². The molecule has 1 aliphatic rings. The van der Waals surface area contributed by atoms with E-state index >= 15 is 0 Å². The molecule has 1 N–H and O–H groups in total. The fourth-order valence-corrected chi connectivity index (χ4v) is 4.36. The van der Waals surface area contributed by atoms with Gasteiger partial charge in [0.05, 0.1) is 10.6 Å². The van der Waals surface area contributed by atoms with Crippen molar-refractivity contribution in [3.8, 4) is 11.5 Å². The van der Waals surface area contributed by atoms with Crippen molar-refractivity contribution in [1.82, 2.24) is 20.0 Å². The number of piperidine rings is 1. The van der Waals surface area contributed by atoms with Gasteiger partial charge in [0.25, 0.3) is 11.8 Å². The molecule has 0 bridgehead atoms. The summed E-state index contributed by atoms with van der Waals surface area (Å²) < 4.78 is 5.92. The molecule has 1 atom stereocenters. The van der Waals surface area contributed by atoms with Gasteiger partial charge in [-0.25, -0.2) is 0 Å². The number of amides is 2. The van der Waals surface area contributed by atoms with Crippen LogP contribution in [0.1, 0.15) is 47.5 Å². The summed E-state index contributed by atoms with van der Waals surface area (Å²) in [6, 6.07) is 14.0. The predicted octanol–water partition coefficient (Wildman–Crippen LogP) is 3.82. The molecule has 8 nitrogen and oxygen atoms in total. The Morgan fingerprint density at radius 3 is 2.37 bits per heavy atom. The minimum absolute atomic E-state index is 0. The standard InChI is InChI=1S/C25H27ClN4O4.H2S/c1-25(33,18-7-5-4-6-8-18)24(32)30-13-11-16(12-14-30)21-27-28-22(34-21)17-9-10-19(20(26)15-17)23(31)29(2)3;/h4-10,15-16,33H,11-14H2,1-3H3;1H2/t25-;/m0./s1. The summed E-state index contributed by atoms with van der Waals surface area (Å²) in [5.74, 6) is 0.338. The maximum Gasteiger partial charge on any atom is 0.258 e. The van der Waals surface area contributed by atoms with Crippen LogP contribution in [0.4, 0.5) is 0 Å². The first-order valence-electron chi connectivity index (χ1n) is 11.1. The average Bonchev–Trinajstić information content (AvgIpc) is 3.34. The zero-order valence-electron chi connectivity index (χ0n) is 19.9. The molecule has 0 saturated carbocycles. The number of aromatic nitrogens is 2. The lowest BCUT2D eigenvalue weighted by molar-refractivity contribution is -0.151. The molecule has 3 aromatic rings. The van der Waals surface area contributed by atoms with Crippen molar-refractivity contribution in [2.75, 3.05) is 27.2 Å². The van der Waals surface area contributed by atoms with Crippen LogP contribution in [0.25, 0.3) is 11.5 Å². The summed E-state index contributed by atoms with van der Waals surface area (Å²) in [7, 11) is 3.33. The summed E-state index contributed by atoms with van der Waals surface area (Å²) in [5, 5.41) is 19.5. The Hall–Kier alpha value is -2.88. The van der Waals surface area contributed by atoms with Crippen molar-refractivity contribution >= 4 is 36.9 Å². The van der Waals surface area contributed by atoms with Gasteiger partial charge in [-0.05, 0) is 43.5 Å². The molecule has 0 radical (unpaired) electrons. The van der Waals surface area contributed by atoms with Gasteiger partial charge in [-0.3, -0.25) is 9.59 Å². The largest absolute Gasteiger partial charge is 0.420 e. The minimum atomic E-state index is -1.58. The number of carbonyl (C=O) groups excluding carboxylic acids is 2. The summed E-state index contributed by atoms with van der Waals surface area (Å²) in [5.41, 5.74) is 0.0234. The maximum absolute atomic E-state index is 13.0. The molecular weight excluding hydrogens is 488 g/mol. The van der Waals surface area contributed by atoms with Crippen molar-refractivity contribution in [1.29, 1.82) is 0 Å². The molecule has 0 aliphatic carbocycles. The second-order valence-electron chi connectivity index (χ2n) is 8.84. The lowest BCUT2D eigenvalue weighted by atomic mass is 9.91. The first-order chi connectivity index (χ1) is 16.2. The number of likely N-dealkylation sites (tertiary alicyclic amines) is 1. The van der Waals surface area contributed by atoms with Crippen LogP contribution >= 0.6 is 25.1 Å². The highest BCUT2D eigenvalue weighted by Gasteiger charge is 2.38. The summed E-state index contributed by atoms with van der Waals surface area (Å²) >= 11 is 6.31. The lowest BCUT2D eigenvalue weighted by Crippen LogP contribution is -2.48. The summed E-state index contributed by atoms with van der Waals surface area (Å²) in [4.78, 5) is 28.3. The van der Waals surface area contributed by atoms with Crippen LogP contribution in [0.2, 0.25) is 5.02 Å². The van der Waals surface area contributed by atoms with E-state index in [0.29, 0.717) is 59.4 Å². The van der Waals surface area contributed by atoms with Crippen LogP contribution in [-0.2, 0) is 10.4 Å². The molecule has 10 heteroatoms. The number of hydrogen-bond acceptors (Lipinski definition) is 6. The van der Waals surface area contributed by atoms with Crippen molar-refractivity contribution in [2.45, 2.75) is 31.3 Å². The van der Waals surface area contributed by atoms with Crippen LogP contribution in [-0.4, -0.2) is 64.1 Å². The number of hydrogen-bond donors (Lipinski definition) is 1. The number of benzene rings is 2. The molecule has 1 aliphatic heterocycles. The van der Waals surface area contributed by atoms with E-state index in [0.717, 1.165) is 0 Å². The molecule has 0 unspecified atom stereocenters. The normalized spacial score (nSPS) is 15.7. The predicted molar refractivity (Wildman–Crippen MR) is 138 cm³/mol. The van der Waals surface area contributed by atoms with E-state index < -0.39 is 5.60 Å². The molecular formula is C25H29ClN4O4S. The van der Waals surface area contributed by atoms with Crippen LogP contribution in [0.5, 0.6) is 0 Å². The Morgan fingerprint density at radius 1 is 1.11 bits per heavy atom. The molecule has 2 amide bonds. The second-order valence-corrected chi connectivity index (χ2v) is 9.25. The van der Waals surface area contributed by atoms with Gasteiger partial charge in [0.1, 0.15) is 0 Å². The molecule has 4 rings (SSSR count). The lowest BCUT2D eigenvalue weighted by Gasteiger charge is -2.35. The van der Waals surface area contributed by atoms with Crippen LogP contribution < -0.4 is 0 Å². The average molecular weight is 517 g/mol. The highest BCUT2D eigenvalue weighted by molar-refractivity contribution is 7.59. The number of carbonyl (C=O) groups is 2. The van der Waals surface area contributed by atoms with E-state index in [1.54, 1.807) is 61.5 Å². The van der Waals surface area contributed by atoms with Crippen LogP contribution in [0, 0.1) is 0 Å². The topological polar surface area (TPSA) is 99.8 Å². The summed E-state index contributed by atoms with van der Waals surface area (Å²) in [6.45, 7) is 2.50. The summed E-state index contributed by atoms with van der Waals surface area (Å²) in [6.07, 6.45) is 1.30. The monoisotopic (exact) mass is 516 g/mol. The van der Waals surface area contributed by atoms with Crippen LogP contribution in [0.3, 0.4) is 0 Å². The quantitative estimate of drug-likeness (QED) is 0.553. The Kier molecular flexibility index (Phi) is 8.25. The maximum atomic E-state index is 13.0. The van der Waals surface area contributed by atoms with E-state index in [1.165, 1.54) is 11.8 Å². The number of nitrogens with zero attached hydrogens (tertiary/aromatic N) is 4. The molecule has 186 valence electrons. The van der Waals surface area contributed by atoms with Crippen molar-refractivity contribution in [3.05, 3.63) is 70.6 Å². The molecule has 35 heavy (non-hydrogen) atoms. The Bertz CT molecular complexity index is 1190. The Balaban J connectivity index is 0.00000342. The van der Waals surface area contributed by atoms with E-state index in [2.05, 4.69) is 10.2 Å². The molecule has 0 spiro atoms. The van der Waals surface area contributed by atoms with Gasteiger partial charge in [-0.15, -0.1) is 10.2 Å². The minimum Gasteiger partial charge on any atom is -0.420 e. The van der Waals surface area contributed by atoms with Crippen molar-refractivity contribution < 1.29 is 19.1 Å². The van der Waals surface area contributed by atoms with Gasteiger partial charge in [-0.1, -0.05) is 41.9 Å². The van der Waals surface area contributed by atoms with Gasteiger partial charge in [0.2, 0.25) is 11.8 Å². The fourth-order valence-electron chi connectivity index (χ4n) is 4.10. The third-order valence-corrected chi connectivity index (χ3v) is 6.49. The molecule has 2 heterocycles.